The standard InChI is InChI=1S/C17H19FN6/c1-11(14-6-7-16(24-14)17(21)23-10-20)12(8-19)9-22-15-5-3-2-4-13(15)18/h2-11,24H,19H2,1H3,(H3,20,21,23). The summed E-state index contributed by atoms with van der Waals surface area (Å²) in [6.45, 7) is 1.94. The summed E-state index contributed by atoms with van der Waals surface area (Å²) in [7, 11) is 0. The van der Waals surface area contributed by atoms with Gasteiger partial charge in [-0.25, -0.2) is 9.38 Å². The highest BCUT2D eigenvalue weighted by Gasteiger charge is 2.13. The fourth-order valence-corrected chi connectivity index (χ4v) is 2.13. The van der Waals surface area contributed by atoms with Crippen molar-refractivity contribution in [3.05, 3.63) is 65.4 Å². The van der Waals surface area contributed by atoms with E-state index in [0.29, 0.717) is 11.3 Å². The molecule has 1 heterocycles. The fraction of sp³-hybridized carbons (Fsp3) is 0.118. The van der Waals surface area contributed by atoms with Gasteiger partial charge in [-0.2, -0.15) is 0 Å². The molecule has 0 aliphatic rings. The van der Waals surface area contributed by atoms with Gasteiger partial charge >= 0.3 is 0 Å². The number of nitrogens with one attached hydrogen (secondary N) is 2. The van der Waals surface area contributed by atoms with Gasteiger partial charge in [0.15, 0.2) is 0 Å². The second-order valence-electron chi connectivity index (χ2n) is 5.07. The van der Waals surface area contributed by atoms with E-state index in [1.165, 1.54) is 12.3 Å². The van der Waals surface area contributed by atoms with Crippen LogP contribution in [0.3, 0.4) is 0 Å². The SMILES string of the molecule is CC(C(C=Nc1ccccc1F)=CN)c1ccc(C(N)=NC=N)[nH]1. The normalized spacial score (nSPS) is 14.1. The number of para-hydroxylation sites is 1. The molecule has 6 N–H and O–H groups in total. The van der Waals surface area contributed by atoms with Crippen LogP contribution in [0.1, 0.15) is 24.2 Å². The van der Waals surface area contributed by atoms with Crippen molar-refractivity contribution in [3.63, 3.8) is 0 Å². The van der Waals surface area contributed by atoms with E-state index in [9.17, 15) is 4.39 Å². The smallest absolute Gasteiger partial charge is 0.148 e. The van der Waals surface area contributed by atoms with Crippen LogP contribution in [0, 0.1) is 11.2 Å². The van der Waals surface area contributed by atoms with E-state index in [-0.39, 0.29) is 17.4 Å². The number of nitrogens with zero attached hydrogens (tertiary/aromatic N) is 2. The first-order valence-corrected chi connectivity index (χ1v) is 7.28. The largest absolute Gasteiger partial charge is 0.404 e. The quantitative estimate of drug-likeness (QED) is 0.482. The molecule has 2 rings (SSSR count). The zero-order chi connectivity index (χ0) is 17.5. The molecule has 1 atom stereocenters. The summed E-state index contributed by atoms with van der Waals surface area (Å²) < 4.78 is 13.6. The summed E-state index contributed by atoms with van der Waals surface area (Å²) in [6.07, 6.45) is 3.86. The van der Waals surface area contributed by atoms with Gasteiger partial charge in [-0.05, 0) is 36.0 Å². The van der Waals surface area contributed by atoms with Crippen molar-refractivity contribution < 1.29 is 4.39 Å². The third-order valence-electron chi connectivity index (χ3n) is 3.55. The number of nitrogens with two attached hydrogens (primary N) is 2. The summed E-state index contributed by atoms with van der Waals surface area (Å²) >= 11 is 0. The van der Waals surface area contributed by atoms with Gasteiger partial charge in [-0.3, -0.25) is 10.4 Å². The summed E-state index contributed by atoms with van der Waals surface area (Å²) in [4.78, 5) is 11.0. The number of aromatic amines is 1. The zero-order valence-corrected chi connectivity index (χ0v) is 13.2. The minimum absolute atomic E-state index is 0.105. The van der Waals surface area contributed by atoms with E-state index in [2.05, 4.69) is 15.0 Å². The van der Waals surface area contributed by atoms with E-state index < -0.39 is 5.82 Å². The van der Waals surface area contributed by atoms with Crippen LogP contribution in [0.5, 0.6) is 0 Å². The third-order valence-corrected chi connectivity index (χ3v) is 3.55. The van der Waals surface area contributed by atoms with Gasteiger partial charge < -0.3 is 16.5 Å². The summed E-state index contributed by atoms with van der Waals surface area (Å²) in [5.74, 6) is -0.274. The lowest BCUT2D eigenvalue weighted by molar-refractivity contribution is 0.630. The number of benzene rings is 1. The zero-order valence-electron chi connectivity index (χ0n) is 13.2. The molecule has 2 aromatic rings. The number of hydrogen-bond acceptors (Lipinski definition) is 3. The molecule has 1 aromatic heterocycles. The van der Waals surface area contributed by atoms with Gasteiger partial charge in [0.1, 0.15) is 18.0 Å². The first-order valence-electron chi connectivity index (χ1n) is 7.28. The lowest BCUT2D eigenvalue weighted by atomic mass is 9.99. The van der Waals surface area contributed by atoms with E-state index in [1.54, 1.807) is 30.5 Å². The van der Waals surface area contributed by atoms with Crippen molar-refractivity contribution in [3.8, 4) is 0 Å². The molecule has 0 bridgehead atoms. The maximum absolute atomic E-state index is 13.6. The molecule has 0 aliphatic carbocycles. The molecule has 6 nitrogen and oxygen atoms in total. The highest BCUT2D eigenvalue weighted by Crippen LogP contribution is 2.23. The van der Waals surface area contributed by atoms with Crippen LogP contribution in [-0.2, 0) is 0 Å². The molecule has 0 fully saturated rings. The van der Waals surface area contributed by atoms with Gasteiger partial charge in [-0.1, -0.05) is 19.1 Å². The van der Waals surface area contributed by atoms with E-state index in [0.717, 1.165) is 12.0 Å². The van der Waals surface area contributed by atoms with Crippen LogP contribution in [0.25, 0.3) is 0 Å². The van der Waals surface area contributed by atoms with Crippen molar-refractivity contribution in [1.29, 1.82) is 5.41 Å². The Morgan fingerprint density at radius 2 is 2.04 bits per heavy atom. The molecule has 7 heteroatoms. The fourth-order valence-electron chi connectivity index (χ4n) is 2.13. The number of rotatable bonds is 6. The number of halogens is 1. The predicted molar refractivity (Wildman–Crippen MR) is 95.5 cm³/mol. The number of allylic oxidation sites excluding steroid dienone is 1. The Morgan fingerprint density at radius 3 is 2.71 bits per heavy atom. The Bertz CT molecular complexity index is 803. The van der Waals surface area contributed by atoms with Crippen LogP contribution in [0.4, 0.5) is 10.1 Å². The Labute approximate surface area is 139 Å². The molecule has 0 radical (unpaired) electrons. The Morgan fingerprint density at radius 1 is 1.29 bits per heavy atom. The number of aliphatic imine (C=N–C) groups is 2. The van der Waals surface area contributed by atoms with Crippen molar-refractivity contribution in [2.24, 2.45) is 21.5 Å². The highest BCUT2D eigenvalue weighted by atomic mass is 19.1. The topological polar surface area (TPSA) is 116 Å². The Hall–Kier alpha value is -3.22. The molecule has 124 valence electrons. The van der Waals surface area contributed by atoms with E-state index in [4.69, 9.17) is 16.9 Å². The predicted octanol–water partition coefficient (Wildman–Crippen LogP) is 2.81. The minimum Gasteiger partial charge on any atom is -0.404 e. The van der Waals surface area contributed by atoms with Crippen LogP contribution in [0.15, 0.2) is 58.2 Å². The molecular weight excluding hydrogens is 307 g/mol. The maximum Gasteiger partial charge on any atom is 0.148 e. The monoisotopic (exact) mass is 326 g/mol. The minimum atomic E-state index is -0.393. The number of aromatic nitrogens is 1. The summed E-state index contributed by atoms with van der Waals surface area (Å²) in [5, 5.41) is 6.95. The van der Waals surface area contributed by atoms with Crippen LogP contribution < -0.4 is 11.5 Å². The molecule has 0 saturated carbocycles. The molecule has 0 aliphatic heterocycles. The average molecular weight is 326 g/mol. The molecule has 24 heavy (non-hydrogen) atoms. The van der Waals surface area contributed by atoms with Gasteiger partial charge in [0, 0.05) is 17.8 Å². The molecular formula is C17H19FN6. The molecule has 1 aromatic carbocycles. The van der Waals surface area contributed by atoms with Gasteiger partial charge in [-0.15, -0.1) is 0 Å². The highest BCUT2D eigenvalue weighted by molar-refractivity contribution is 5.99. The lowest BCUT2D eigenvalue weighted by Gasteiger charge is -2.10. The number of H-pyrrole nitrogens is 1. The van der Waals surface area contributed by atoms with Crippen molar-refractivity contribution in [2.75, 3.05) is 0 Å². The molecule has 0 saturated heterocycles. The first-order chi connectivity index (χ1) is 11.6. The van der Waals surface area contributed by atoms with E-state index >= 15 is 0 Å². The summed E-state index contributed by atoms with van der Waals surface area (Å²) in [6, 6.07) is 9.89. The van der Waals surface area contributed by atoms with Crippen molar-refractivity contribution in [1.82, 2.24) is 4.98 Å². The summed E-state index contributed by atoms with van der Waals surface area (Å²) in [5.41, 5.74) is 13.9. The Kier molecular flexibility index (Phi) is 5.62. The molecule has 1 unspecified atom stereocenters. The molecule has 0 amide bonds. The average Bonchev–Trinajstić information content (AvgIpc) is 3.07. The van der Waals surface area contributed by atoms with Crippen LogP contribution in [-0.4, -0.2) is 23.4 Å². The molecule has 0 spiro atoms. The second kappa shape index (κ2) is 7.87. The Balaban J connectivity index is 2.21. The maximum atomic E-state index is 13.6. The van der Waals surface area contributed by atoms with E-state index in [1.807, 2.05) is 13.0 Å². The second-order valence-corrected chi connectivity index (χ2v) is 5.07. The van der Waals surface area contributed by atoms with Crippen LogP contribution >= 0.6 is 0 Å². The van der Waals surface area contributed by atoms with Gasteiger partial charge in [0.05, 0.1) is 11.4 Å². The number of amidine groups is 1. The first kappa shape index (κ1) is 17.1. The number of hydrogen-bond donors (Lipinski definition) is 4. The third kappa shape index (κ3) is 3.95. The van der Waals surface area contributed by atoms with Gasteiger partial charge in [0.25, 0.3) is 0 Å². The lowest BCUT2D eigenvalue weighted by Crippen LogP contribution is -2.14. The van der Waals surface area contributed by atoms with Crippen molar-refractivity contribution >= 4 is 24.1 Å². The van der Waals surface area contributed by atoms with Crippen molar-refractivity contribution in [2.45, 2.75) is 12.8 Å². The van der Waals surface area contributed by atoms with Crippen LogP contribution in [0.2, 0.25) is 0 Å². The van der Waals surface area contributed by atoms with Gasteiger partial charge in [0.2, 0.25) is 0 Å².